The van der Waals surface area contributed by atoms with Crippen LogP contribution in [0.3, 0.4) is 0 Å². The molecule has 0 radical (unpaired) electrons. The summed E-state index contributed by atoms with van der Waals surface area (Å²) in [4.78, 5) is 24.6. The number of ether oxygens (including phenoxy) is 2. The van der Waals surface area contributed by atoms with Gasteiger partial charge >= 0.3 is 5.97 Å². The molecule has 0 atom stereocenters. The molecule has 1 aliphatic heterocycles. The summed E-state index contributed by atoms with van der Waals surface area (Å²) in [7, 11) is -2.07. The molecule has 3 rings (SSSR count). The van der Waals surface area contributed by atoms with Crippen molar-refractivity contribution in [3.05, 3.63) is 40.2 Å². The molecule has 168 valence electrons. The predicted octanol–water partition coefficient (Wildman–Crippen LogP) is 3.30. The van der Waals surface area contributed by atoms with E-state index in [-0.39, 0.29) is 17.3 Å². The summed E-state index contributed by atoms with van der Waals surface area (Å²) in [6.45, 7) is 1.81. The van der Waals surface area contributed by atoms with Gasteiger partial charge in [-0.05, 0) is 42.8 Å². The Morgan fingerprint density at radius 3 is 2.61 bits per heavy atom. The van der Waals surface area contributed by atoms with Gasteiger partial charge in [0.1, 0.15) is 9.96 Å². The molecule has 2 heterocycles. The lowest BCUT2D eigenvalue weighted by molar-refractivity contribution is -0.152. The number of sulfonamides is 1. The summed E-state index contributed by atoms with van der Waals surface area (Å²) < 4.78 is 37.1. The van der Waals surface area contributed by atoms with E-state index in [0.29, 0.717) is 29.3 Å². The minimum Gasteiger partial charge on any atom is -0.495 e. The summed E-state index contributed by atoms with van der Waals surface area (Å²) in [5.41, 5.74) is 1.19. The Labute approximate surface area is 190 Å². The number of piperidine rings is 1. The molecule has 0 unspecified atom stereocenters. The van der Waals surface area contributed by atoms with E-state index in [0.717, 1.165) is 16.9 Å². The number of aryl methyl sites for hydroxylation is 1. The number of nitrogens with one attached hydrogen (secondary N) is 1. The Morgan fingerprint density at radius 1 is 1.29 bits per heavy atom. The molecule has 1 N–H and O–H groups in total. The second-order valence-electron chi connectivity index (χ2n) is 7.07. The van der Waals surface area contributed by atoms with Gasteiger partial charge in [-0.15, -0.1) is 11.3 Å². The Balaban J connectivity index is 1.50. The lowest BCUT2D eigenvalue weighted by atomic mass is 9.98. The molecule has 2 aromatic rings. The van der Waals surface area contributed by atoms with Crippen LogP contribution in [0.4, 0.5) is 5.69 Å². The Bertz CT molecular complexity index is 1050. The van der Waals surface area contributed by atoms with Crippen molar-refractivity contribution in [2.75, 3.05) is 32.1 Å². The molecule has 0 saturated carbocycles. The average molecular weight is 487 g/mol. The highest BCUT2D eigenvalue weighted by Gasteiger charge is 2.33. The van der Waals surface area contributed by atoms with Crippen molar-refractivity contribution in [1.29, 1.82) is 0 Å². The van der Waals surface area contributed by atoms with Crippen LogP contribution in [0, 0.1) is 12.8 Å². The van der Waals surface area contributed by atoms with Gasteiger partial charge in [0.05, 0.1) is 18.7 Å². The van der Waals surface area contributed by atoms with Crippen molar-refractivity contribution < 1.29 is 27.5 Å². The number of anilines is 1. The number of hydrogen-bond donors (Lipinski definition) is 1. The van der Waals surface area contributed by atoms with Crippen LogP contribution in [0.25, 0.3) is 0 Å². The van der Waals surface area contributed by atoms with E-state index in [4.69, 9.17) is 21.1 Å². The van der Waals surface area contributed by atoms with Crippen LogP contribution in [0.2, 0.25) is 5.02 Å². The van der Waals surface area contributed by atoms with Gasteiger partial charge in [-0.2, -0.15) is 4.31 Å². The second-order valence-corrected chi connectivity index (χ2v) is 10.6. The molecule has 1 aromatic carbocycles. The van der Waals surface area contributed by atoms with E-state index in [9.17, 15) is 18.0 Å². The van der Waals surface area contributed by atoms with Crippen LogP contribution >= 0.6 is 22.9 Å². The maximum absolute atomic E-state index is 12.6. The molecule has 1 fully saturated rings. The Morgan fingerprint density at radius 2 is 2.00 bits per heavy atom. The minimum atomic E-state index is -3.53. The standard InChI is InChI=1S/C20H23ClN2O6S2/c1-13-10-16(17(28-2)11-15(13)21)22-18(24)12-29-20(25)14-5-7-23(8-6-14)31(26,27)19-4-3-9-30-19/h3-4,9-11,14H,5-8,12H2,1-2H3,(H,22,24). The highest BCUT2D eigenvalue weighted by molar-refractivity contribution is 7.91. The van der Waals surface area contributed by atoms with Crippen molar-refractivity contribution in [2.45, 2.75) is 24.0 Å². The van der Waals surface area contributed by atoms with E-state index in [2.05, 4.69) is 5.32 Å². The fourth-order valence-corrected chi connectivity index (χ4v) is 6.01. The number of rotatable bonds is 7. The van der Waals surface area contributed by atoms with Gasteiger partial charge in [-0.3, -0.25) is 9.59 Å². The lowest BCUT2D eigenvalue weighted by Crippen LogP contribution is -2.40. The molecule has 1 saturated heterocycles. The zero-order chi connectivity index (χ0) is 22.6. The maximum atomic E-state index is 12.6. The van der Waals surface area contributed by atoms with Gasteiger partial charge in [0, 0.05) is 24.2 Å². The first-order valence-corrected chi connectivity index (χ1v) is 12.3. The van der Waals surface area contributed by atoms with Crippen molar-refractivity contribution >= 4 is 50.5 Å². The topological polar surface area (TPSA) is 102 Å². The summed E-state index contributed by atoms with van der Waals surface area (Å²) in [5, 5.41) is 4.86. The van der Waals surface area contributed by atoms with Crippen LogP contribution in [0.5, 0.6) is 5.75 Å². The SMILES string of the molecule is COc1cc(Cl)c(C)cc1NC(=O)COC(=O)C1CCN(S(=O)(=O)c2cccs2)CC1. The summed E-state index contributed by atoms with van der Waals surface area (Å²) in [5.74, 6) is -1.07. The van der Waals surface area contributed by atoms with Crippen molar-refractivity contribution in [1.82, 2.24) is 4.31 Å². The number of hydrogen-bond acceptors (Lipinski definition) is 7. The second kappa shape index (κ2) is 9.99. The van der Waals surface area contributed by atoms with Crippen molar-refractivity contribution in [3.63, 3.8) is 0 Å². The monoisotopic (exact) mass is 486 g/mol. The van der Waals surface area contributed by atoms with Crippen LogP contribution < -0.4 is 10.1 Å². The maximum Gasteiger partial charge on any atom is 0.309 e. The molecular weight excluding hydrogens is 464 g/mol. The molecule has 1 aliphatic rings. The van der Waals surface area contributed by atoms with Crippen LogP contribution in [-0.4, -0.2) is 51.4 Å². The Hall–Kier alpha value is -2.14. The van der Waals surface area contributed by atoms with Crippen molar-refractivity contribution in [3.8, 4) is 5.75 Å². The van der Waals surface area contributed by atoms with E-state index < -0.39 is 34.4 Å². The number of halogens is 1. The third kappa shape index (κ3) is 5.57. The zero-order valence-electron chi connectivity index (χ0n) is 17.1. The number of carbonyl (C=O) groups excluding carboxylic acids is 2. The van der Waals surface area contributed by atoms with Gasteiger partial charge in [0.25, 0.3) is 15.9 Å². The van der Waals surface area contributed by atoms with Crippen molar-refractivity contribution in [2.24, 2.45) is 5.92 Å². The van der Waals surface area contributed by atoms with Gasteiger partial charge in [0.15, 0.2) is 6.61 Å². The third-order valence-corrected chi connectivity index (χ3v) is 8.66. The molecule has 0 aliphatic carbocycles. The molecule has 31 heavy (non-hydrogen) atoms. The molecule has 8 nitrogen and oxygen atoms in total. The highest BCUT2D eigenvalue weighted by atomic mass is 35.5. The zero-order valence-corrected chi connectivity index (χ0v) is 19.5. The normalized spacial score (nSPS) is 15.5. The van der Waals surface area contributed by atoms with Crippen LogP contribution in [-0.2, 0) is 24.3 Å². The fraction of sp³-hybridized carbons (Fsp3) is 0.400. The number of amides is 1. The first-order valence-electron chi connectivity index (χ1n) is 9.56. The third-order valence-electron chi connectivity index (χ3n) is 4.98. The summed E-state index contributed by atoms with van der Waals surface area (Å²) in [6, 6.07) is 6.52. The lowest BCUT2D eigenvalue weighted by Gasteiger charge is -2.29. The van der Waals surface area contributed by atoms with Crippen LogP contribution in [0.1, 0.15) is 18.4 Å². The van der Waals surface area contributed by atoms with Gasteiger partial charge in [0.2, 0.25) is 0 Å². The molecule has 0 spiro atoms. The highest BCUT2D eigenvalue weighted by Crippen LogP contribution is 2.31. The molecule has 1 aromatic heterocycles. The number of nitrogens with zero attached hydrogens (tertiary/aromatic N) is 1. The van der Waals surface area contributed by atoms with E-state index in [1.165, 1.54) is 11.4 Å². The largest absolute Gasteiger partial charge is 0.495 e. The first-order chi connectivity index (χ1) is 14.7. The first kappa shape index (κ1) is 23.5. The number of carbonyl (C=O) groups is 2. The smallest absolute Gasteiger partial charge is 0.309 e. The molecular formula is C20H23ClN2O6S2. The summed E-state index contributed by atoms with van der Waals surface area (Å²) in [6.07, 6.45) is 0.685. The average Bonchev–Trinajstić information content (AvgIpc) is 3.30. The minimum absolute atomic E-state index is 0.230. The molecule has 0 bridgehead atoms. The van der Waals surface area contributed by atoms with E-state index >= 15 is 0 Å². The fourth-order valence-electron chi connectivity index (χ4n) is 3.24. The Kier molecular flexibility index (Phi) is 7.58. The molecule has 11 heteroatoms. The summed E-state index contributed by atoms with van der Waals surface area (Å²) >= 11 is 7.22. The number of thiophene rings is 1. The van der Waals surface area contributed by atoms with E-state index in [1.807, 2.05) is 0 Å². The van der Waals surface area contributed by atoms with Gasteiger partial charge in [-0.25, -0.2) is 8.42 Å². The van der Waals surface area contributed by atoms with Gasteiger partial charge < -0.3 is 14.8 Å². The number of benzene rings is 1. The predicted molar refractivity (Wildman–Crippen MR) is 118 cm³/mol. The number of methoxy groups -OCH3 is 1. The molecule has 1 amide bonds. The van der Waals surface area contributed by atoms with Gasteiger partial charge in [-0.1, -0.05) is 17.7 Å². The van der Waals surface area contributed by atoms with E-state index in [1.54, 1.807) is 36.6 Å². The van der Waals surface area contributed by atoms with Crippen LogP contribution in [0.15, 0.2) is 33.9 Å². The number of esters is 1. The quantitative estimate of drug-likeness (QED) is 0.602.